The molecule has 0 aromatic carbocycles. The summed E-state index contributed by atoms with van der Waals surface area (Å²) in [4.78, 5) is 11.4. The Kier molecular flexibility index (Phi) is 5.49. The topological polar surface area (TPSA) is 57.5 Å². The maximum atomic E-state index is 10.9. The molecule has 16 heavy (non-hydrogen) atoms. The molecule has 0 spiro atoms. The number of hydrogen-bond donors (Lipinski definition) is 2. The van der Waals surface area contributed by atoms with Crippen molar-refractivity contribution in [1.29, 1.82) is 0 Å². The van der Waals surface area contributed by atoms with Gasteiger partial charge in [0.25, 0.3) is 0 Å². The lowest BCUT2D eigenvalue weighted by Gasteiger charge is -2.09. The van der Waals surface area contributed by atoms with Gasteiger partial charge in [-0.1, -0.05) is 32.6 Å². The predicted molar refractivity (Wildman–Crippen MR) is 65.0 cm³/mol. The van der Waals surface area contributed by atoms with Crippen LogP contribution in [0.2, 0.25) is 0 Å². The minimum atomic E-state index is -0.955. The zero-order valence-electron chi connectivity index (χ0n) is 9.48. The summed E-state index contributed by atoms with van der Waals surface area (Å²) in [6.45, 7) is 2.14. The highest BCUT2D eigenvalue weighted by molar-refractivity contribution is 7.10. The van der Waals surface area contributed by atoms with E-state index in [1.54, 1.807) is 11.4 Å². The van der Waals surface area contributed by atoms with Crippen LogP contribution in [0.3, 0.4) is 0 Å². The largest absolute Gasteiger partial charge is 0.478 e. The van der Waals surface area contributed by atoms with E-state index in [4.69, 9.17) is 5.11 Å². The second-order valence-electron chi connectivity index (χ2n) is 3.87. The summed E-state index contributed by atoms with van der Waals surface area (Å²) in [5.41, 5.74) is 0.244. The van der Waals surface area contributed by atoms with E-state index in [1.807, 2.05) is 0 Å². The third-order valence-electron chi connectivity index (χ3n) is 2.56. The Labute approximate surface area is 99.7 Å². The molecular formula is C12H18O3S. The fourth-order valence-corrected chi connectivity index (χ4v) is 2.56. The van der Waals surface area contributed by atoms with Crippen LogP contribution in [-0.2, 0) is 0 Å². The second-order valence-corrected chi connectivity index (χ2v) is 4.82. The molecule has 0 amide bonds. The number of rotatable bonds is 7. The van der Waals surface area contributed by atoms with Gasteiger partial charge in [-0.15, -0.1) is 11.3 Å². The molecular weight excluding hydrogens is 224 g/mol. The number of aliphatic hydroxyl groups is 1. The van der Waals surface area contributed by atoms with Gasteiger partial charge >= 0.3 is 5.97 Å². The zero-order chi connectivity index (χ0) is 12.0. The fraction of sp³-hybridized carbons (Fsp3) is 0.583. The van der Waals surface area contributed by atoms with E-state index in [0.29, 0.717) is 11.3 Å². The molecule has 4 heteroatoms. The molecule has 1 aromatic heterocycles. The van der Waals surface area contributed by atoms with Crippen LogP contribution < -0.4 is 0 Å². The maximum absolute atomic E-state index is 10.9. The lowest BCUT2D eigenvalue weighted by Crippen LogP contribution is -2.03. The summed E-state index contributed by atoms with van der Waals surface area (Å²) in [7, 11) is 0. The van der Waals surface area contributed by atoms with Crippen molar-refractivity contribution < 1.29 is 15.0 Å². The van der Waals surface area contributed by atoms with Crippen molar-refractivity contribution in [2.24, 2.45) is 0 Å². The van der Waals surface area contributed by atoms with E-state index in [2.05, 4.69) is 6.92 Å². The van der Waals surface area contributed by atoms with E-state index in [1.165, 1.54) is 17.8 Å². The smallest absolute Gasteiger partial charge is 0.336 e. The van der Waals surface area contributed by atoms with Gasteiger partial charge in [-0.2, -0.15) is 0 Å². The molecule has 90 valence electrons. The first-order valence-electron chi connectivity index (χ1n) is 5.65. The van der Waals surface area contributed by atoms with E-state index in [0.717, 1.165) is 19.3 Å². The lowest BCUT2D eigenvalue weighted by atomic mass is 10.1. The Morgan fingerprint density at radius 1 is 1.44 bits per heavy atom. The summed E-state index contributed by atoms with van der Waals surface area (Å²) in [6.07, 6.45) is 4.41. The van der Waals surface area contributed by atoms with Crippen molar-refractivity contribution >= 4 is 17.3 Å². The van der Waals surface area contributed by atoms with Crippen LogP contribution in [0.4, 0.5) is 0 Å². The fourth-order valence-electron chi connectivity index (χ4n) is 1.65. The third-order valence-corrected chi connectivity index (χ3v) is 3.58. The van der Waals surface area contributed by atoms with Crippen molar-refractivity contribution in [2.75, 3.05) is 0 Å². The van der Waals surface area contributed by atoms with Crippen LogP contribution in [0.1, 0.15) is 60.4 Å². The van der Waals surface area contributed by atoms with E-state index in [9.17, 15) is 9.90 Å². The van der Waals surface area contributed by atoms with Gasteiger partial charge in [0.05, 0.1) is 11.7 Å². The van der Waals surface area contributed by atoms with Gasteiger partial charge in [0.2, 0.25) is 0 Å². The standard InChI is InChI=1S/C12H18O3S/c1-2-3-4-5-6-10(13)11-9(12(14)15)7-8-16-11/h7-8,10,13H,2-6H2,1H3,(H,14,15). The van der Waals surface area contributed by atoms with Crippen LogP contribution in [-0.4, -0.2) is 16.2 Å². The molecule has 0 aliphatic heterocycles. The van der Waals surface area contributed by atoms with Gasteiger partial charge in [-0.05, 0) is 17.9 Å². The number of aliphatic hydroxyl groups excluding tert-OH is 1. The number of thiophene rings is 1. The number of carboxylic acid groups (broad SMARTS) is 1. The number of hydrogen-bond acceptors (Lipinski definition) is 3. The summed E-state index contributed by atoms with van der Waals surface area (Å²) >= 11 is 1.32. The minimum absolute atomic E-state index is 0.244. The van der Waals surface area contributed by atoms with E-state index >= 15 is 0 Å². The first-order valence-corrected chi connectivity index (χ1v) is 6.53. The highest BCUT2D eigenvalue weighted by Gasteiger charge is 2.17. The zero-order valence-corrected chi connectivity index (χ0v) is 10.3. The molecule has 2 N–H and O–H groups in total. The third kappa shape index (κ3) is 3.61. The van der Waals surface area contributed by atoms with Gasteiger partial charge in [-0.3, -0.25) is 0 Å². The first kappa shape index (κ1) is 13.2. The molecule has 1 aromatic rings. The molecule has 0 saturated carbocycles. The van der Waals surface area contributed by atoms with Crippen molar-refractivity contribution in [3.63, 3.8) is 0 Å². The molecule has 1 rings (SSSR count). The molecule has 1 unspecified atom stereocenters. The molecule has 0 aliphatic carbocycles. The van der Waals surface area contributed by atoms with Crippen LogP contribution in [0.25, 0.3) is 0 Å². The first-order chi connectivity index (χ1) is 7.66. The number of aromatic carboxylic acids is 1. The van der Waals surface area contributed by atoms with Crippen LogP contribution in [0.5, 0.6) is 0 Å². The van der Waals surface area contributed by atoms with Gasteiger partial charge < -0.3 is 10.2 Å². The maximum Gasteiger partial charge on any atom is 0.336 e. The molecule has 3 nitrogen and oxygen atoms in total. The molecule has 0 aliphatic rings. The van der Waals surface area contributed by atoms with Crippen molar-refractivity contribution in [3.8, 4) is 0 Å². The Morgan fingerprint density at radius 2 is 2.19 bits per heavy atom. The van der Waals surface area contributed by atoms with Gasteiger partial charge in [0.1, 0.15) is 0 Å². The molecule has 0 bridgehead atoms. The summed E-state index contributed by atoms with van der Waals surface area (Å²) in [6, 6.07) is 1.55. The van der Waals surface area contributed by atoms with Crippen LogP contribution in [0, 0.1) is 0 Å². The predicted octanol–water partition coefficient (Wildman–Crippen LogP) is 3.45. The SMILES string of the molecule is CCCCCCC(O)c1sccc1C(=O)O. The quantitative estimate of drug-likeness (QED) is 0.720. The monoisotopic (exact) mass is 242 g/mol. The van der Waals surface area contributed by atoms with Gasteiger partial charge in [-0.25, -0.2) is 4.79 Å². The Hall–Kier alpha value is -0.870. The second kappa shape index (κ2) is 6.66. The summed E-state index contributed by atoms with van der Waals surface area (Å²) < 4.78 is 0. The minimum Gasteiger partial charge on any atom is -0.478 e. The van der Waals surface area contributed by atoms with Crippen LogP contribution >= 0.6 is 11.3 Å². The lowest BCUT2D eigenvalue weighted by molar-refractivity contribution is 0.0689. The van der Waals surface area contributed by atoms with Crippen molar-refractivity contribution in [2.45, 2.75) is 45.1 Å². The van der Waals surface area contributed by atoms with Gasteiger partial charge in [0, 0.05) is 4.88 Å². The summed E-state index contributed by atoms with van der Waals surface area (Å²) in [5, 5.41) is 20.5. The van der Waals surface area contributed by atoms with E-state index in [-0.39, 0.29) is 5.56 Å². The molecule has 0 fully saturated rings. The Bertz CT molecular complexity index is 333. The average molecular weight is 242 g/mol. The molecule has 1 heterocycles. The number of carboxylic acids is 1. The Morgan fingerprint density at radius 3 is 2.81 bits per heavy atom. The number of carbonyl (C=O) groups is 1. The molecule has 1 atom stereocenters. The molecule has 0 saturated heterocycles. The van der Waals surface area contributed by atoms with Crippen molar-refractivity contribution in [3.05, 3.63) is 21.9 Å². The van der Waals surface area contributed by atoms with Crippen molar-refractivity contribution in [1.82, 2.24) is 0 Å². The normalized spacial score (nSPS) is 12.6. The molecule has 0 radical (unpaired) electrons. The highest BCUT2D eigenvalue weighted by atomic mass is 32.1. The van der Waals surface area contributed by atoms with Crippen LogP contribution in [0.15, 0.2) is 11.4 Å². The summed E-state index contributed by atoms with van der Waals surface area (Å²) in [5.74, 6) is -0.955. The van der Waals surface area contributed by atoms with Gasteiger partial charge in [0.15, 0.2) is 0 Å². The van der Waals surface area contributed by atoms with E-state index < -0.39 is 12.1 Å². The number of unbranched alkanes of at least 4 members (excludes halogenated alkanes) is 3. The Balaban J connectivity index is 2.49. The highest BCUT2D eigenvalue weighted by Crippen LogP contribution is 2.28. The average Bonchev–Trinajstić information content (AvgIpc) is 2.73.